The van der Waals surface area contributed by atoms with Crippen LogP contribution in [0.4, 0.5) is 5.69 Å². The van der Waals surface area contributed by atoms with Crippen molar-refractivity contribution in [1.82, 2.24) is 0 Å². The van der Waals surface area contributed by atoms with Crippen molar-refractivity contribution >= 4 is 21.6 Å². The highest BCUT2D eigenvalue weighted by Gasteiger charge is 2.31. The number of benzene rings is 4. The predicted octanol–water partition coefficient (Wildman–Crippen LogP) is 6.50. The number of amides is 1. The van der Waals surface area contributed by atoms with Gasteiger partial charge in [-0.15, -0.1) is 0 Å². The average Bonchev–Trinajstić information content (AvgIpc) is 2.93. The largest absolute Gasteiger partial charge is 0.484 e. The van der Waals surface area contributed by atoms with E-state index in [-0.39, 0.29) is 10.6 Å². The second-order valence-corrected chi connectivity index (χ2v) is 10.2. The van der Waals surface area contributed by atoms with Crippen molar-refractivity contribution in [3.8, 4) is 16.9 Å². The number of sulfonamides is 1. The van der Waals surface area contributed by atoms with Gasteiger partial charge in [0.2, 0.25) is 0 Å². The van der Waals surface area contributed by atoms with Crippen LogP contribution in [0.1, 0.15) is 25.3 Å². The fraction of sp³-hybridized carbons (Fsp3) is 0.167. The number of carbonyl (C=O) groups excluding carboxylic acids is 1. The zero-order chi connectivity index (χ0) is 25.4. The maximum atomic E-state index is 13.5. The summed E-state index contributed by atoms with van der Waals surface area (Å²) in [6, 6.07) is 32.3. The number of aryl methyl sites for hydroxylation is 1. The lowest BCUT2D eigenvalue weighted by molar-refractivity contribution is -0.119. The van der Waals surface area contributed by atoms with Crippen LogP contribution >= 0.6 is 0 Å². The highest BCUT2D eigenvalue weighted by Crippen LogP contribution is 2.26. The van der Waals surface area contributed by atoms with Crippen molar-refractivity contribution < 1.29 is 17.9 Å². The van der Waals surface area contributed by atoms with E-state index in [2.05, 4.69) is 6.92 Å². The molecule has 1 amide bonds. The molecule has 0 aliphatic rings. The molecule has 4 rings (SSSR count). The predicted molar refractivity (Wildman–Crippen MR) is 144 cm³/mol. The molecule has 0 aliphatic carbocycles. The molecule has 184 valence electrons. The number of ether oxygens (including phenoxy) is 1. The van der Waals surface area contributed by atoms with Gasteiger partial charge in [0.25, 0.3) is 15.9 Å². The van der Waals surface area contributed by atoms with Gasteiger partial charge < -0.3 is 4.74 Å². The Hall–Kier alpha value is -3.90. The fourth-order valence-electron chi connectivity index (χ4n) is 3.87. The van der Waals surface area contributed by atoms with Crippen LogP contribution in [-0.4, -0.2) is 20.9 Å². The molecule has 0 fully saturated rings. The summed E-state index contributed by atoms with van der Waals surface area (Å²) in [5.41, 5.74) is 3.47. The maximum Gasteiger partial charge on any atom is 0.278 e. The molecule has 6 heteroatoms. The fourth-order valence-corrected chi connectivity index (χ4v) is 5.30. The number of carbonyl (C=O) groups is 1. The molecule has 0 aromatic heterocycles. The summed E-state index contributed by atoms with van der Waals surface area (Å²) in [7, 11) is -4.13. The minimum absolute atomic E-state index is 0.0422. The van der Waals surface area contributed by atoms with Gasteiger partial charge in [-0.1, -0.05) is 86.1 Å². The summed E-state index contributed by atoms with van der Waals surface area (Å²) in [5, 5.41) is 0. The van der Waals surface area contributed by atoms with E-state index in [1.54, 1.807) is 42.5 Å². The monoisotopic (exact) mass is 499 g/mol. The number of anilines is 1. The molecule has 0 radical (unpaired) electrons. The van der Waals surface area contributed by atoms with Crippen LogP contribution in [0.5, 0.6) is 5.75 Å². The first-order chi connectivity index (χ1) is 17.5. The molecule has 0 spiro atoms. The lowest BCUT2D eigenvalue weighted by Gasteiger charge is -2.23. The first kappa shape index (κ1) is 25.2. The van der Waals surface area contributed by atoms with Crippen LogP contribution in [0.2, 0.25) is 0 Å². The van der Waals surface area contributed by atoms with Gasteiger partial charge in [0.05, 0.1) is 10.6 Å². The molecule has 0 saturated carbocycles. The normalized spacial score (nSPS) is 11.1. The topological polar surface area (TPSA) is 63.7 Å². The van der Waals surface area contributed by atoms with Crippen LogP contribution in [0.15, 0.2) is 114 Å². The summed E-state index contributed by atoms with van der Waals surface area (Å²) in [5.74, 6) is -0.192. The van der Waals surface area contributed by atoms with Crippen molar-refractivity contribution in [1.29, 1.82) is 0 Å². The zero-order valence-corrected chi connectivity index (χ0v) is 21.0. The number of unbranched alkanes of at least 4 members (excludes halogenated alkanes) is 1. The highest BCUT2D eigenvalue weighted by molar-refractivity contribution is 7.93. The molecule has 4 aromatic rings. The van der Waals surface area contributed by atoms with Crippen molar-refractivity contribution in [3.05, 3.63) is 115 Å². The van der Waals surface area contributed by atoms with Crippen LogP contribution in [-0.2, 0) is 21.2 Å². The number of nitrogens with zero attached hydrogens (tertiary/aromatic N) is 1. The molecule has 0 unspecified atom stereocenters. The maximum absolute atomic E-state index is 13.5. The zero-order valence-electron chi connectivity index (χ0n) is 20.2. The van der Waals surface area contributed by atoms with Gasteiger partial charge in [0.1, 0.15) is 5.75 Å². The smallest absolute Gasteiger partial charge is 0.278 e. The SMILES string of the molecule is CCCCc1ccc(N(C(=O)COc2ccc(-c3ccccc3)cc2)S(=O)(=O)c2ccccc2)cc1. The first-order valence-electron chi connectivity index (χ1n) is 12.0. The van der Waals surface area contributed by atoms with E-state index in [0.29, 0.717) is 5.75 Å². The molecule has 0 aliphatic heterocycles. The number of hydrogen-bond acceptors (Lipinski definition) is 4. The van der Waals surface area contributed by atoms with Crippen LogP contribution < -0.4 is 9.04 Å². The molecule has 0 saturated heterocycles. The van der Waals surface area contributed by atoms with Crippen molar-refractivity contribution in [2.75, 3.05) is 10.9 Å². The van der Waals surface area contributed by atoms with Gasteiger partial charge in [-0.05, 0) is 65.9 Å². The first-order valence-corrected chi connectivity index (χ1v) is 13.4. The molecule has 0 N–H and O–H groups in total. The second-order valence-electron chi connectivity index (χ2n) is 8.43. The molecule has 0 atom stereocenters. The molecule has 4 aromatic carbocycles. The number of rotatable bonds is 10. The van der Waals surface area contributed by atoms with E-state index >= 15 is 0 Å². The lowest BCUT2D eigenvalue weighted by Crippen LogP contribution is -2.40. The quantitative estimate of drug-likeness (QED) is 0.250. The summed E-state index contributed by atoms with van der Waals surface area (Å²) >= 11 is 0. The van der Waals surface area contributed by atoms with Crippen LogP contribution in [0.3, 0.4) is 0 Å². The lowest BCUT2D eigenvalue weighted by atomic mass is 10.1. The van der Waals surface area contributed by atoms with E-state index < -0.39 is 22.5 Å². The highest BCUT2D eigenvalue weighted by atomic mass is 32.2. The Balaban J connectivity index is 1.55. The minimum atomic E-state index is -4.13. The molecule has 0 bridgehead atoms. The Labute approximate surface area is 213 Å². The summed E-state index contributed by atoms with van der Waals surface area (Å²) < 4.78 is 33.5. The van der Waals surface area contributed by atoms with Crippen molar-refractivity contribution in [3.63, 3.8) is 0 Å². The Morgan fingerprint density at radius 2 is 1.33 bits per heavy atom. The van der Waals surface area contributed by atoms with E-state index in [1.165, 1.54) is 12.1 Å². The third-order valence-corrected chi connectivity index (χ3v) is 7.58. The Kier molecular flexibility index (Phi) is 8.18. The van der Waals surface area contributed by atoms with Crippen molar-refractivity contribution in [2.24, 2.45) is 0 Å². The third kappa shape index (κ3) is 6.01. The third-order valence-electron chi connectivity index (χ3n) is 5.82. The van der Waals surface area contributed by atoms with Gasteiger partial charge in [-0.25, -0.2) is 8.42 Å². The van der Waals surface area contributed by atoms with Crippen LogP contribution in [0, 0.1) is 0 Å². The van der Waals surface area contributed by atoms with E-state index in [4.69, 9.17) is 4.74 Å². The number of hydrogen-bond donors (Lipinski definition) is 0. The average molecular weight is 500 g/mol. The Morgan fingerprint density at radius 3 is 1.94 bits per heavy atom. The Morgan fingerprint density at radius 1 is 0.750 bits per heavy atom. The van der Waals surface area contributed by atoms with E-state index in [1.807, 2.05) is 54.6 Å². The van der Waals surface area contributed by atoms with Gasteiger partial charge >= 0.3 is 0 Å². The molecular weight excluding hydrogens is 470 g/mol. The second kappa shape index (κ2) is 11.7. The molecular formula is C30H29NO4S. The van der Waals surface area contributed by atoms with Crippen LogP contribution in [0.25, 0.3) is 11.1 Å². The Bertz CT molecular complexity index is 1370. The molecule has 0 heterocycles. The standard InChI is InChI=1S/C30H29NO4S/c1-2-3-10-24-15-19-27(20-16-24)31(36(33,34)29-13-8-5-9-14-29)30(32)23-35-28-21-17-26(18-22-28)25-11-6-4-7-12-25/h4-9,11-22H,2-3,10,23H2,1H3. The van der Waals surface area contributed by atoms with E-state index in [9.17, 15) is 13.2 Å². The molecule has 5 nitrogen and oxygen atoms in total. The van der Waals surface area contributed by atoms with Gasteiger partial charge in [0.15, 0.2) is 6.61 Å². The summed E-state index contributed by atoms with van der Waals surface area (Å²) in [6.45, 7) is 1.70. The summed E-state index contributed by atoms with van der Waals surface area (Å²) in [4.78, 5) is 13.3. The van der Waals surface area contributed by atoms with Gasteiger partial charge in [-0.3, -0.25) is 4.79 Å². The van der Waals surface area contributed by atoms with Gasteiger partial charge in [-0.2, -0.15) is 4.31 Å². The van der Waals surface area contributed by atoms with Crippen molar-refractivity contribution in [2.45, 2.75) is 31.1 Å². The summed E-state index contributed by atoms with van der Waals surface area (Å²) in [6.07, 6.45) is 3.01. The molecule has 36 heavy (non-hydrogen) atoms. The minimum Gasteiger partial charge on any atom is -0.484 e. The van der Waals surface area contributed by atoms with E-state index in [0.717, 1.165) is 40.3 Å². The van der Waals surface area contributed by atoms with Gasteiger partial charge in [0, 0.05) is 0 Å².